The van der Waals surface area contributed by atoms with Crippen molar-refractivity contribution in [3.8, 4) is 11.1 Å². The fourth-order valence-electron chi connectivity index (χ4n) is 2.44. The quantitative estimate of drug-likeness (QED) is 0.713. The molecule has 0 atom stereocenters. The van der Waals surface area contributed by atoms with Gasteiger partial charge in [-0.3, -0.25) is 9.59 Å². The van der Waals surface area contributed by atoms with E-state index in [0.717, 1.165) is 16.7 Å². The van der Waals surface area contributed by atoms with Crippen molar-refractivity contribution in [1.29, 1.82) is 0 Å². The minimum atomic E-state index is -0.218. The molecule has 0 aliphatic rings. The van der Waals surface area contributed by atoms with Gasteiger partial charge >= 0.3 is 0 Å². The summed E-state index contributed by atoms with van der Waals surface area (Å²) in [5.41, 5.74) is 9.12. The Hall–Kier alpha value is -2.70. The van der Waals surface area contributed by atoms with E-state index in [4.69, 9.17) is 10.8 Å². The van der Waals surface area contributed by atoms with Crippen LogP contribution in [0.15, 0.2) is 48.5 Å². The highest BCUT2D eigenvalue weighted by molar-refractivity contribution is 5.91. The van der Waals surface area contributed by atoms with Crippen LogP contribution < -0.4 is 11.1 Å². The predicted molar refractivity (Wildman–Crippen MR) is 97.7 cm³/mol. The Morgan fingerprint density at radius 1 is 1.12 bits per heavy atom. The molecule has 25 heavy (non-hydrogen) atoms. The maximum atomic E-state index is 11.6. The summed E-state index contributed by atoms with van der Waals surface area (Å²) in [5.74, 6) is -0.321. The number of aliphatic hydroxyl groups excluding tert-OH is 1. The van der Waals surface area contributed by atoms with Gasteiger partial charge in [-0.25, -0.2) is 0 Å². The van der Waals surface area contributed by atoms with Crippen LogP contribution in [-0.4, -0.2) is 42.0 Å². The molecule has 0 spiro atoms. The van der Waals surface area contributed by atoms with Crippen LogP contribution in [0.3, 0.4) is 0 Å². The molecule has 0 fully saturated rings. The first-order valence-electron chi connectivity index (χ1n) is 8.07. The van der Waals surface area contributed by atoms with Gasteiger partial charge in [0.2, 0.25) is 11.8 Å². The minimum Gasteiger partial charge on any atom is -0.396 e. The lowest BCUT2D eigenvalue weighted by atomic mass is 10.0. The van der Waals surface area contributed by atoms with E-state index in [1.807, 2.05) is 48.5 Å². The second-order valence-electron chi connectivity index (χ2n) is 5.75. The number of benzene rings is 2. The molecular formula is C19H23N3O3. The van der Waals surface area contributed by atoms with Crippen LogP contribution in [-0.2, 0) is 16.1 Å². The number of aliphatic hydroxyl groups is 1. The number of rotatable bonds is 7. The SMILES string of the molecule is CN(Cc1cccc(-c2ccc(NC(=O)CCO)cc2)c1)C(=O)CN. The Kier molecular flexibility index (Phi) is 6.68. The van der Waals surface area contributed by atoms with Crippen molar-refractivity contribution in [2.75, 3.05) is 25.5 Å². The molecule has 6 nitrogen and oxygen atoms in total. The first-order valence-corrected chi connectivity index (χ1v) is 8.07. The van der Waals surface area contributed by atoms with Crippen LogP contribution in [0.4, 0.5) is 5.69 Å². The second kappa shape index (κ2) is 8.96. The molecule has 0 saturated carbocycles. The first-order chi connectivity index (χ1) is 12.0. The number of nitrogens with zero attached hydrogens (tertiary/aromatic N) is 1. The highest BCUT2D eigenvalue weighted by Gasteiger charge is 2.08. The smallest absolute Gasteiger partial charge is 0.236 e. The highest BCUT2D eigenvalue weighted by atomic mass is 16.3. The fourth-order valence-corrected chi connectivity index (χ4v) is 2.44. The van der Waals surface area contributed by atoms with Crippen molar-refractivity contribution in [3.05, 3.63) is 54.1 Å². The van der Waals surface area contributed by atoms with Crippen molar-refractivity contribution in [3.63, 3.8) is 0 Å². The summed E-state index contributed by atoms with van der Waals surface area (Å²) in [6.45, 7) is 0.330. The van der Waals surface area contributed by atoms with E-state index >= 15 is 0 Å². The van der Waals surface area contributed by atoms with Gasteiger partial charge in [-0.2, -0.15) is 0 Å². The van der Waals surface area contributed by atoms with E-state index in [-0.39, 0.29) is 31.4 Å². The number of carbonyl (C=O) groups is 2. The number of likely N-dealkylation sites (N-methyl/N-ethyl adjacent to an activating group) is 1. The van der Waals surface area contributed by atoms with Crippen LogP contribution in [0.25, 0.3) is 11.1 Å². The highest BCUT2D eigenvalue weighted by Crippen LogP contribution is 2.23. The molecule has 2 rings (SSSR count). The van der Waals surface area contributed by atoms with Crippen LogP contribution in [0.2, 0.25) is 0 Å². The maximum absolute atomic E-state index is 11.6. The van der Waals surface area contributed by atoms with Gasteiger partial charge in [0.05, 0.1) is 19.6 Å². The van der Waals surface area contributed by atoms with Gasteiger partial charge in [0.15, 0.2) is 0 Å². The van der Waals surface area contributed by atoms with Crippen molar-refractivity contribution in [2.45, 2.75) is 13.0 Å². The molecule has 0 radical (unpaired) electrons. The zero-order valence-corrected chi connectivity index (χ0v) is 14.2. The standard InChI is InChI=1S/C19H23N3O3/c1-22(19(25)12-20)13-14-3-2-4-16(11-14)15-5-7-17(8-6-15)21-18(24)9-10-23/h2-8,11,23H,9-10,12-13,20H2,1H3,(H,21,24). The zero-order chi connectivity index (χ0) is 18.2. The third kappa shape index (κ3) is 5.41. The molecule has 0 bridgehead atoms. The van der Waals surface area contributed by atoms with E-state index in [0.29, 0.717) is 12.2 Å². The molecule has 0 heterocycles. The molecule has 4 N–H and O–H groups in total. The molecule has 6 heteroatoms. The maximum Gasteiger partial charge on any atom is 0.236 e. The molecule has 2 amide bonds. The Morgan fingerprint density at radius 3 is 2.48 bits per heavy atom. The molecule has 0 saturated heterocycles. The Labute approximate surface area is 147 Å². The molecule has 2 aromatic carbocycles. The average molecular weight is 341 g/mol. The van der Waals surface area contributed by atoms with Gasteiger partial charge in [0.25, 0.3) is 0 Å². The van der Waals surface area contributed by atoms with E-state index < -0.39 is 0 Å². The Morgan fingerprint density at radius 2 is 1.84 bits per heavy atom. The van der Waals surface area contributed by atoms with Gasteiger partial charge in [-0.1, -0.05) is 30.3 Å². The van der Waals surface area contributed by atoms with Crippen molar-refractivity contribution in [1.82, 2.24) is 4.90 Å². The molecule has 0 aliphatic carbocycles. The van der Waals surface area contributed by atoms with Gasteiger partial charge < -0.3 is 21.1 Å². The summed E-state index contributed by atoms with van der Waals surface area (Å²) in [5, 5.41) is 11.5. The van der Waals surface area contributed by atoms with E-state index in [1.54, 1.807) is 11.9 Å². The third-order valence-electron chi connectivity index (χ3n) is 3.79. The topological polar surface area (TPSA) is 95.7 Å². The van der Waals surface area contributed by atoms with E-state index in [9.17, 15) is 9.59 Å². The summed E-state index contributed by atoms with van der Waals surface area (Å²) >= 11 is 0. The van der Waals surface area contributed by atoms with Crippen molar-refractivity contribution < 1.29 is 14.7 Å². The van der Waals surface area contributed by atoms with Crippen LogP contribution in [0.1, 0.15) is 12.0 Å². The minimum absolute atomic E-state index is 0.000343. The molecule has 2 aromatic rings. The predicted octanol–water partition coefficient (Wildman–Crippen LogP) is 1.59. The van der Waals surface area contributed by atoms with Gasteiger partial charge in [0, 0.05) is 19.3 Å². The summed E-state index contributed by atoms with van der Waals surface area (Å²) < 4.78 is 0. The number of carbonyl (C=O) groups excluding carboxylic acids is 2. The third-order valence-corrected chi connectivity index (χ3v) is 3.79. The summed E-state index contributed by atoms with van der Waals surface area (Å²) in [6.07, 6.45) is 0.0822. The number of nitrogens with one attached hydrogen (secondary N) is 1. The average Bonchev–Trinajstić information content (AvgIpc) is 2.62. The fraction of sp³-hybridized carbons (Fsp3) is 0.263. The normalized spacial score (nSPS) is 10.4. The number of hydrogen-bond acceptors (Lipinski definition) is 4. The second-order valence-corrected chi connectivity index (χ2v) is 5.75. The Balaban J connectivity index is 2.10. The lowest BCUT2D eigenvalue weighted by Crippen LogP contribution is -2.32. The largest absolute Gasteiger partial charge is 0.396 e. The zero-order valence-electron chi connectivity index (χ0n) is 14.2. The molecule has 132 valence electrons. The number of hydrogen-bond donors (Lipinski definition) is 3. The lowest BCUT2D eigenvalue weighted by Gasteiger charge is -2.16. The monoisotopic (exact) mass is 341 g/mol. The van der Waals surface area contributed by atoms with Gasteiger partial charge in [-0.05, 0) is 34.9 Å². The number of anilines is 1. The van der Waals surface area contributed by atoms with Gasteiger partial charge in [-0.15, -0.1) is 0 Å². The Bertz CT molecular complexity index is 729. The van der Waals surface area contributed by atoms with Crippen molar-refractivity contribution in [2.24, 2.45) is 5.73 Å². The number of nitrogens with two attached hydrogens (primary N) is 1. The van der Waals surface area contributed by atoms with Crippen molar-refractivity contribution >= 4 is 17.5 Å². The number of amides is 2. The first kappa shape index (κ1) is 18.6. The molecular weight excluding hydrogens is 318 g/mol. The summed E-state index contributed by atoms with van der Waals surface area (Å²) in [6, 6.07) is 15.4. The summed E-state index contributed by atoms with van der Waals surface area (Å²) in [7, 11) is 1.73. The molecule has 0 unspecified atom stereocenters. The lowest BCUT2D eigenvalue weighted by molar-refractivity contribution is -0.128. The van der Waals surface area contributed by atoms with Crippen LogP contribution >= 0.6 is 0 Å². The van der Waals surface area contributed by atoms with Gasteiger partial charge in [0.1, 0.15) is 0 Å². The molecule has 0 aliphatic heterocycles. The van der Waals surface area contributed by atoms with Crippen LogP contribution in [0.5, 0.6) is 0 Å². The van der Waals surface area contributed by atoms with E-state index in [2.05, 4.69) is 5.32 Å². The van der Waals surface area contributed by atoms with E-state index in [1.165, 1.54) is 0 Å². The molecule has 0 aromatic heterocycles. The summed E-state index contributed by atoms with van der Waals surface area (Å²) in [4.78, 5) is 24.7. The van der Waals surface area contributed by atoms with Crippen LogP contribution in [0, 0.1) is 0 Å².